The Bertz CT molecular complexity index is 1560. The summed E-state index contributed by atoms with van der Waals surface area (Å²) in [6.07, 6.45) is -2.65. The fraction of sp³-hybridized carbons (Fsp3) is 0.481. The number of hydrogen-bond donors (Lipinski definition) is 3. The molecule has 3 fully saturated rings. The van der Waals surface area contributed by atoms with E-state index in [1.165, 1.54) is 13.0 Å². The minimum Gasteiger partial charge on any atom is -0.463 e. The van der Waals surface area contributed by atoms with E-state index >= 15 is 4.39 Å². The van der Waals surface area contributed by atoms with Crippen molar-refractivity contribution in [3.05, 3.63) is 34.1 Å². The molecule has 4 N–H and O–H groups in total. The van der Waals surface area contributed by atoms with Crippen LogP contribution in [-0.4, -0.2) is 59.2 Å². The number of anilines is 2. The van der Waals surface area contributed by atoms with E-state index < -0.39 is 34.2 Å². The Morgan fingerprint density at radius 2 is 1.90 bits per heavy atom. The van der Waals surface area contributed by atoms with Crippen molar-refractivity contribution in [2.75, 3.05) is 36.9 Å². The van der Waals surface area contributed by atoms with Crippen LogP contribution in [0.5, 0.6) is 6.01 Å². The van der Waals surface area contributed by atoms with Gasteiger partial charge in [-0.25, -0.2) is 9.37 Å². The zero-order chi connectivity index (χ0) is 29.3. The summed E-state index contributed by atoms with van der Waals surface area (Å²) in [6.45, 7) is 4.74. The van der Waals surface area contributed by atoms with Crippen molar-refractivity contribution in [1.82, 2.24) is 25.6 Å². The SMILES string of the molecule is Cc1cc(N)nc(-c2c(Cl)cc3c(N4CC5CCC(C4)N5)nc(OCC4(C)CNC(=O)C4)nc3c2F)c1C(F)(F)F. The zero-order valence-corrected chi connectivity index (χ0v) is 23.1. The quantitative estimate of drug-likeness (QED) is 0.376. The van der Waals surface area contributed by atoms with Crippen molar-refractivity contribution >= 4 is 40.0 Å². The lowest BCUT2D eigenvalue weighted by Gasteiger charge is -2.34. The summed E-state index contributed by atoms with van der Waals surface area (Å²) >= 11 is 6.52. The van der Waals surface area contributed by atoms with Crippen LogP contribution in [0.3, 0.4) is 0 Å². The summed E-state index contributed by atoms with van der Waals surface area (Å²) in [5.74, 6) is -1.04. The number of nitrogens with two attached hydrogens (primary N) is 1. The molecular weight excluding hydrogens is 566 g/mol. The van der Waals surface area contributed by atoms with Gasteiger partial charge in [-0.1, -0.05) is 18.5 Å². The van der Waals surface area contributed by atoms with Gasteiger partial charge in [-0.3, -0.25) is 4.79 Å². The molecular formula is C27H28ClF4N7O2. The topological polar surface area (TPSA) is 118 Å². The number of aryl methyl sites for hydroxylation is 1. The van der Waals surface area contributed by atoms with E-state index in [0.29, 0.717) is 25.5 Å². The number of amides is 1. The molecule has 6 rings (SSSR count). The monoisotopic (exact) mass is 593 g/mol. The van der Waals surface area contributed by atoms with Crippen molar-refractivity contribution in [3.63, 3.8) is 0 Å². The van der Waals surface area contributed by atoms with Crippen molar-refractivity contribution < 1.29 is 27.1 Å². The van der Waals surface area contributed by atoms with Crippen molar-refractivity contribution in [1.29, 1.82) is 0 Å². The van der Waals surface area contributed by atoms with E-state index in [9.17, 15) is 18.0 Å². The second-order valence-corrected chi connectivity index (χ2v) is 11.9. The fourth-order valence-electron chi connectivity index (χ4n) is 6.05. The molecule has 0 saturated carbocycles. The van der Waals surface area contributed by atoms with Crippen molar-refractivity contribution in [2.45, 2.75) is 51.4 Å². The van der Waals surface area contributed by atoms with Gasteiger partial charge in [0.1, 0.15) is 17.2 Å². The molecule has 0 spiro atoms. The molecule has 3 saturated heterocycles. The molecule has 3 aliphatic rings. The minimum absolute atomic E-state index is 0.0692. The summed E-state index contributed by atoms with van der Waals surface area (Å²) in [5, 5.41) is 6.25. The second-order valence-electron chi connectivity index (χ2n) is 11.5. The van der Waals surface area contributed by atoms with Crippen LogP contribution in [0, 0.1) is 18.2 Å². The van der Waals surface area contributed by atoms with E-state index in [-0.39, 0.29) is 64.3 Å². The average Bonchev–Trinajstić information content (AvgIpc) is 3.40. The number of benzene rings is 1. The number of alkyl halides is 3. The first-order valence-electron chi connectivity index (χ1n) is 13.3. The average molecular weight is 594 g/mol. The van der Waals surface area contributed by atoms with Gasteiger partial charge in [0.15, 0.2) is 5.82 Å². The van der Waals surface area contributed by atoms with Gasteiger partial charge in [-0.05, 0) is 37.5 Å². The molecule has 3 aliphatic heterocycles. The van der Waals surface area contributed by atoms with Gasteiger partial charge in [0.2, 0.25) is 5.91 Å². The first-order chi connectivity index (χ1) is 19.3. The highest BCUT2D eigenvalue weighted by Gasteiger charge is 2.40. The molecule has 5 heterocycles. The number of aromatic nitrogens is 3. The van der Waals surface area contributed by atoms with Gasteiger partial charge in [0.05, 0.1) is 28.5 Å². The van der Waals surface area contributed by atoms with E-state index in [1.54, 1.807) is 0 Å². The normalized spacial score (nSPS) is 24.3. The molecule has 3 aromatic rings. The van der Waals surface area contributed by atoms with Crippen LogP contribution < -0.4 is 26.0 Å². The number of ether oxygens (including phenoxy) is 1. The summed E-state index contributed by atoms with van der Waals surface area (Å²) in [5.41, 5.74) is 2.38. The molecule has 3 unspecified atom stereocenters. The van der Waals surface area contributed by atoms with Crippen molar-refractivity contribution in [2.24, 2.45) is 5.41 Å². The highest BCUT2D eigenvalue weighted by atomic mass is 35.5. The number of carbonyl (C=O) groups is 1. The fourth-order valence-corrected chi connectivity index (χ4v) is 6.34. The molecule has 218 valence electrons. The number of nitrogen functional groups attached to an aromatic ring is 1. The van der Waals surface area contributed by atoms with Crippen molar-refractivity contribution in [3.8, 4) is 17.3 Å². The van der Waals surface area contributed by atoms with Gasteiger partial charge in [0.25, 0.3) is 0 Å². The molecule has 1 amide bonds. The predicted octanol–water partition coefficient (Wildman–Crippen LogP) is 4.24. The summed E-state index contributed by atoms with van der Waals surface area (Å²) in [6, 6.07) is 2.73. The Hall–Kier alpha value is -3.45. The lowest BCUT2D eigenvalue weighted by molar-refractivity contribution is -0.137. The molecule has 0 aliphatic carbocycles. The van der Waals surface area contributed by atoms with E-state index in [2.05, 4.69) is 25.6 Å². The number of piperazine rings is 1. The van der Waals surface area contributed by atoms with Crippen LogP contribution in [0.4, 0.5) is 29.2 Å². The van der Waals surface area contributed by atoms with Gasteiger partial charge < -0.3 is 26.0 Å². The van der Waals surface area contributed by atoms with Crippen LogP contribution in [0.15, 0.2) is 12.1 Å². The first kappa shape index (κ1) is 27.7. The van der Waals surface area contributed by atoms with Crippen LogP contribution >= 0.6 is 11.6 Å². The third kappa shape index (κ3) is 5.09. The number of pyridine rings is 1. The molecule has 41 heavy (non-hydrogen) atoms. The van der Waals surface area contributed by atoms with Crippen LogP contribution in [0.2, 0.25) is 5.02 Å². The maximum absolute atomic E-state index is 16.4. The minimum atomic E-state index is -4.85. The molecule has 0 radical (unpaired) electrons. The smallest absolute Gasteiger partial charge is 0.418 e. The summed E-state index contributed by atoms with van der Waals surface area (Å²) in [4.78, 5) is 26.6. The predicted molar refractivity (Wildman–Crippen MR) is 145 cm³/mol. The van der Waals surface area contributed by atoms with E-state index in [1.807, 2.05) is 11.8 Å². The third-order valence-corrected chi connectivity index (χ3v) is 8.26. The Morgan fingerprint density at radius 3 is 2.54 bits per heavy atom. The molecule has 2 bridgehead atoms. The number of hydrogen-bond acceptors (Lipinski definition) is 8. The van der Waals surface area contributed by atoms with Crippen LogP contribution in [-0.2, 0) is 11.0 Å². The lowest BCUT2D eigenvalue weighted by atomic mass is 9.91. The molecule has 1 aromatic carbocycles. The van der Waals surface area contributed by atoms with E-state index in [0.717, 1.165) is 18.9 Å². The zero-order valence-electron chi connectivity index (χ0n) is 22.3. The standard InChI is InChI=1S/C27H28ClF4N7O2/c1-12-5-17(33)36-23(20(12)27(30,31)32)19-16(28)6-15-22(21(19)29)37-25(41-11-26(2)7-18(40)34-10-26)38-24(15)39-8-13-3-4-14(9-39)35-13/h5-6,13-14,35H,3-4,7-11H2,1-2H3,(H2,33,36)(H,34,40). The summed E-state index contributed by atoms with van der Waals surface area (Å²) < 4.78 is 64.8. The molecule has 2 aromatic heterocycles. The number of fused-ring (bicyclic) bond motifs is 3. The van der Waals surface area contributed by atoms with Gasteiger partial charge in [-0.15, -0.1) is 0 Å². The lowest BCUT2D eigenvalue weighted by Crippen LogP contribution is -2.51. The number of carbonyl (C=O) groups excluding carboxylic acids is 1. The molecule has 3 atom stereocenters. The summed E-state index contributed by atoms with van der Waals surface area (Å²) in [7, 11) is 0. The van der Waals surface area contributed by atoms with E-state index in [4.69, 9.17) is 22.1 Å². The maximum Gasteiger partial charge on any atom is 0.418 e. The number of halogens is 5. The number of nitrogens with one attached hydrogen (secondary N) is 2. The Balaban J connectivity index is 1.52. The maximum atomic E-state index is 16.4. The molecule has 9 nitrogen and oxygen atoms in total. The Kier molecular flexibility index (Phi) is 6.64. The molecule has 14 heteroatoms. The van der Waals surface area contributed by atoms with Gasteiger partial charge in [0, 0.05) is 48.9 Å². The van der Waals surface area contributed by atoms with Crippen LogP contribution in [0.25, 0.3) is 22.2 Å². The highest BCUT2D eigenvalue weighted by Crippen LogP contribution is 2.45. The number of nitrogens with zero attached hydrogens (tertiary/aromatic N) is 4. The highest BCUT2D eigenvalue weighted by molar-refractivity contribution is 6.34. The third-order valence-electron chi connectivity index (χ3n) is 7.96. The largest absolute Gasteiger partial charge is 0.463 e. The van der Waals surface area contributed by atoms with Gasteiger partial charge in [-0.2, -0.15) is 23.1 Å². The first-order valence-corrected chi connectivity index (χ1v) is 13.6. The Morgan fingerprint density at radius 1 is 1.20 bits per heavy atom. The van der Waals surface area contributed by atoms with Crippen LogP contribution in [0.1, 0.15) is 37.3 Å². The Labute approximate surface area is 237 Å². The van der Waals surface area contributed by atoms with Gasteiger partial charge >= 0.3 is 12.2 Å². The second kappa shape index (κ2) is 9.83. The number of rotatable bonds is 5.